The Morgan fingerprint density at radius 3 is 2.89 bits per heavy atom. The van der Waals surface area contributed by atoms with Gasteiger partial charge in [0.2, 0.25) is 0 Å². The van der Waals surface area contributed by atoms with Crippen molar-refractivity contribution in [3.8, 4) is 0 Å². The Morgan fingerprint density at radius 1 is 1.50 bits per heavy atom. The maximum atomic E-state index is 11.9. The number of aromatic nitrogens is 3. The van der Waals surface area contributed by atoms with Crippen molar-refractivity contribution in [1.29, 1.82) is 0 Å². The molecule has 0 saturated heterocycles. The van der Waals surface area contributed by atoms with Gasteiger partial charge in [-0.25, -0.2) is 18.1 Å². The van der Waals surface area contributed by atoms with Crippen LogP contribution in [0.5, 0.6) is 0 Å². The van der Waals surface area contributed by atoms with Gasteiger partial charge >= 0.3 is 0 Å². The fraction of sp³-hybridized carbons (Fsp3) is 0.333. The molecule has 0 radical (unpaired) electrons. The zero-order valence-electron chi connectivity index (χ0n) is 9.54. The van der Waals surface area contributed by atoms with E-state index in [1.807, 2.05) is 6.92 Å². The van der Waals surface area contributed by atoms with Crippen molar-refractivity contribution in [2.75, 3.05) is 0 Å². The highest BCUT2D eigenvalue weighted by molar-refractivity contribution is 7.89. The Labute approximate surface area is 108 Å². The number of thiazole rings is 1. The Balaban J connectivity index is 2.13. The number of H-pyrrole nitrogens is 1. The minimum Gasteiger partial charge on any atom is -0.392 e. The summed E-state index contributed by atoms with van der Waals surface area (Å²) >= 11 is 1.42. The maximum absolute atomic E-state index is 11.9. The van der Waals surface area contributed by atoms with Crippen LogP contribution in [0.4, 0.5) is 0 Å². The van der Waals surface area contributed by atoms with E-state index in [9.17, 15) is 8.42 Å². The molecule has 2 aromatic rings. The molecule has 0 saturated carbocycles. The van der Waals surface area contributed by atoms with E-state index in [0.717, 1.165) is 9.88 Å². The van der Waals surface area contributed by atoms with Gasteiger partial charge in [-0.15, -0.1) is 11.3 Å². The zero-order valence-corrected chi connectivity index (χ0v) is 11.2. The first-order valence-electron chi connectivity index (χ1n) is 5.07. The van der Waals surface area contributed by atoms with Crippen molar-refractivity contribution in [1.82, 2.24) is 19.9 Å². The van der Waals surface area contributed by atoms with Gasteiger partial charge in [0.15, 0.2) is 5.03 Å². The van der Waals surface area contributed by atoms with Crippen molar-refractivity contribution in [2.45, 2.75) is 25.1 Å². The molecule has 3 N–H and O–H groups in total. The third kappa shape index (κ3) is 2.75. The van der Waals surface area contributed by atoms with Gasteiger partial charge in [-0.2, -0.15) is 5.10 Å². The average Bonchev–Trinajstić information content (AvgIpc) is 2.95. The molecule has 98 valence electrons. The third-order valence-electron chi connectivity index (χ3n) is 2.22. The second kappa shape index (κ2) is 5.14. The Kier molecular flexibility index (Phi) is 3.76. The monoisotopic (exact) mass is 288 g/mol. The SMILES string of the molecule is Cc1ncc(CNS(=O)(=O)c2[nH]ncc2CO)s1. The van der Waals surface area contributed by atoms with Gasteiger partial charge in [-0.3, -0.25) is 5.10 Å². The number of aryl methyl sites for hydroxylation is 1. The van der Waals surface area contributed by atoms with E-state index in [4.69, 9.17) is 5.11 Å². The summed E-state index contributed by atoms with van der Waals surface area (Å²) in [5.41, 5.74) is 0.239. The van der Waals surface area contributed by atoms with Gasteiger partial charge in [0.05, 0.1) is 17.8 Å². The molecule has 2 heterocycles. The van der Waals surface area contributed by atoms with Gasteiger partial charge in [-0.05, 0) is 6.92 Å². The summed E-state index contributed by atoms with van der Waals surface area (Å²) in [7, 11) is -3.70. The fourth-order valence-electron chi connectivity index (χ4n) is 1.37. The highest BCUT2D eigenvalue weighted by Crippen LogP contribution is 2.14. The van der Waals surface area contributed by atoms with E-state index in [-0.39, 0.29) is 23.7 Å². The molecule has 18 heavy (non-hydrogen) atoms. The molecule has 9 heteroatoms. The normalized spacial score (nSPS) is 11.9. The van der Waals surface area contributed by atoms with Crippen LogP contribution in [0.15, 0.2) is 17.4 Å². The summed E-state index contributed by atoms with van der Waals surface area (Å²) in [6.45, 7) is 1.63. The molecule has 0 aliphatic heterocycles. The molecular weight excluding hydrogens is 276 g/mol. The summed E-state index contributed by atoms with van der Waals surface area (Å²) < 4.78 is 26.3. The smallest absolute Gasteiger partial charge is 0.258 e. The predicted molar refractivity (Wildman–Crippen MR) is 65.4 cm³/mol. The van der Waals surface area contributed by atoms with Gasteiger partial charge in [0.1, 0.15) is 0 Å². The van der Waals surface area contributed by atoms with Gasteiger partial charge < -0.3 is 5.11 Å². The number of aliphatic hydroxyl groups excluding tert-OH is 1. The van der Waals surface area contributed by atoms with Crippen LogP contribution in [0.2, 0.25) is 0 Å². The van der Waals surface area contributed by atoms with Crippen LogP contribution in [0.1, 0.15) is 15.4 Å². The van der Waals surface area contributed by atoms with Crippen molar-refractivity contribution in [3.05, 3.63) is 27.8 Å². The standard InChI is InChI=1S/C9H12N4O3S2/c1-6-10-3-8(17-6)4-12-18(15,16)9-7(5-14)2-11-13-9/h2-3,12,14H,4-5H2,1H3,(H,11,13). The molecule has 0 spiro atoms. The van der Waals surface area contributed by atoms with Crippen LogP contribution in [0.25, 0.3) is 0 Å². The molecule has 0 aliphatic rings. The third-order valence-corrected chi connectivity index (χ3v) is 4.55. The second-order valence-corrected chi connectivity index (χ2v) is 6.58. The van der Waals surface area contributed by atoms with Gasteiger partial charge in [0, 0.05) is 23.2 Å². The van der Waals surface area contributed by atoms with Crippen molar-refractivity contribution < 1.29 is 13.5 Å². The molecule has 0 aliphatic carbocycles. The van der Waals surface area contributed by atoms with Gasteiger partial charge in [0.25, 0.3) is 10.0 Å². The summed E-state index contributed by atoms with van der Waals surface area (Å²) in [4.78, 5) is 4.86. The molecule has 0 amide bonds. The molecule has 0 bridgehead atoms. The predicted octanol–water partition coefficient (Wildman–Crippen LogP) is 0.145. The lowest BCUT2D eigenvalue weighted by Crippen LogP contribution is -2.24. The van der Waals surface area contributed by atoms with E-state index in [2.05, 4.69) is 19.9 Å². The molecular formula is C9H12N4O3S2. The Morgan fingerprint density at radius 2 is 2.28 bits per heavy atom. The van der Waals surface area contributed by atoms with E-state index in [1.54, 1.807) is 6.20 Å². The summed E-state index contributed by atoms with van der Waals surface area (Å²) in [6.07, 6.45) is 2.91. The zero-order chi connectivity index (χ0) is 13.2. The summed E-state index contributed by atoms with van der Waals surface area (Å²) in [5, 5.41) is 15.7. The van der Waals surface area contributed by atoms with Crippen molar-refractivity contribution >= 4 is 21.4 Å². The van der Waals surface area contributed by atoms with E-state index >= 15 is 0 Å². The molecule has 0 unspecified atom stereocenters. The van der Waals surface area contributed by atoms with Crippen LogP contribution in [0, 0.1) is 6.92 Å². The first-order chi connectivity index (χ1) is 8.53. The van der Waals surface area contributed by atoms with Crippen LogP contribution in [-0.4, -0.2) is 28.7 Å². The number of nitrogens with zero attached hydrogens (tertiary/aromatic N) is 2. The number of hydrogen-bond donors (Lipinski definition) is 3. The highest BCUT2D eigenvalue weighted by atomic mass is 32.2. The Bertz CT molecular complexity index is 632. The van der Waals surface area contributed by atoms with Crippen molar-refractivity contribution in [3.63, 3.8) is 0 Å². The summed E-state index contributed by atoms with van der Waals surface area (Å²) in [6, 6.07) is 0. The van der Waals surface area contributed by atoms with E-state index in [1.165, 1.54) is 17.5 Å². The Hall–Kier alpha value is -1.29. The van der Waals surface area contributed by atoms with Crippen LogP contribution in [0.3, 0.4) is 0 Å². The number of nitrogens with one attached hydrogen (secondary N) is 2. The minimum atomic E-state index is -3.70. The quantitative estimate of drug-likeness (QED) is 0.725. The number of hydrogen-bond acceptors (Lipinski definition) is 6. The first-order valence-corrected chi connectivity index (χ1v) is 7.37. The highest BCUT2D eigenvalue weighted by Gasteiger charge is 2.20. The lowest BCUT2D eigenvalue weighted by molar-refractivity contribution is 0.278. The van der Waals surface area contributed by atoms with Crippen molar-refractivity contribution in [2.24, 2.45) is 0 Å². The van der Waals surface area contributed by atoms with Gasteiger partial charge in [-0.1, -0.05) is 0 Å². The molecule has 2 rings (SSSR count). The molecule has 0 atom stereocenters. The average molecular weight is 288 g/mol. The van der Waals surface area contributed by atoms with E-state index in [0.29, 0.717) is 0 Å². The molecule has 0 aromatic carbocycles. The minimum absolute atomic E-state index is 0.105. The topological polar surface area (TPSA) is 108 Å². The lowest BCUT2D eigenvalue weighted by Gasteiger charge is -2.04. The molecule has 7 nitrogen and oxygen atoms in total. The number of sulfonamides is 1. The summed E-state index contributed by atoms with van der Waals surface area (Å²) in [5.74, 6) is 0. The lowest BCUT2D eigenvalue weighted by atomic mass is 10.4. The number of aromatic amines is 1. The molecule has 0 fully saturated rings. The van der Waals surface area contributed by atoms with Crippen LogP contribution < -0.4 is 4.72 Å². The second-order valence-electron chi connectivity index (χ2n) is 3.55. The van der Waals surface area contributed by atoms with Crippen LogP contribution in [-0.2, 0) is 23.2 Å². The fourth-order valence-corrected chi connectivity index (χ4v) is 3.32. The maximum Gasteiger partial charge on any atom is 0.258 e. The number of rotatable bonds is 5. The largest absolute Gasteiger partial charge is 0.392 e. The number of aliphatic hydroxyl groups is 1. The molecule has 2 aromatic heterocycles. The van der Waals surface area contributed by atoms with Crippen LogP contribution >= 0.6 is 11.3 Å². The first kappa shape index (κ1) is 13.1. The van der Waals surface area contributed by atoms with E-state index < -0.39 is 10.0 Å².